The van der Waals surface area contributed by atoms with Crippen LogP contribution in [0.1, 0.15) is 5.56 Å². The number of amides is 1. The minimum absolute atomic E-state index is 0.168. The number of rotatable bonds is 5. The van der Waals surface area contributed by atoms with E-state index in [4.69, 9.17) is 23.2 Å². The van der Waals surface area contributed by atoms with Gasteiger partial charge in [-0.15, -0.1) is 0 Å². The van der Waals surface area contributed by atoms with Crippen molar-refractivity contribution in [2.24, 2.45) is 0 Å². The van der Waals surface area contributed by atoms with Gasteiger partial charge < -0.3 is 5.32 Å². The van der Waals surface area contributed by atoms with Gasteiger partial charge in [-0.2, -0.15) is 0 Å². The fraction of sp³-hybridized carbons (Fsp3) is 0.214. The van der Waals surface area contributed by atoms with Crippen LogP contribution in [0.15, 0.2) is 40.1 Å². The number of carbonyl (C=O) groups excluding carboxylic acids is 1. The third-order valence-corrected chi connectivity index (χ3v) is 3.82. The highest BCUT2D eigenvalue weighted by Crippen LogP contribution is 2.25. The van der Waals surface area contributed by atoms with E-state index in [-0.39, 0.29) is 12.5 Å². The van der Waals surface area contributed by atoms with Crippen LogP contribution >= 0.6 is 23.2 Å². The van der Waals surface area contributed by atoms with Gasteiger partial charge in [-0.05, 0) is 18.1 Å². The summed E-state index contributed by atoms with van der Waals surface area (Å²) in [7, 11) is 0. The van der Waals surface area contributed by atoms with Crippen molar-refractivity contribution in [3.8, 4) is 0 Å². The lowest BCUT2D eigenvalue weighted by molar-refractivity contribution is -0.121. The zero-order valence-corrected chi connectivity index (χ0v) is 12.9. The Morgan fingerprint density at radius 3 is 2.73 bits per heavy atom. The number of aromatic nitrogens is 2. The Hall–Kier alpha value is -2.05. The lowest BCUT2D eigenvalue weighted by Crippen LogP contribution is -2.36. The third kappa shape index (κ3) is 4.22. The number of aromatic amines is 1. The quantitative estimate of drug-likeness (QED) is 0.857. The highest BCUT2D eigenvalue weighted by Gasteiger charge is 2.07. The number of hydrogen-bond acceptors (Lipinski definition) is 3. The molecule has 0 aliphatic rings. The second-order valence-electron chi connectivity index (χ2n) is 4.55. The van der Waals surface area contributed by atoms with Crippen LogP contribution in [-0.2, 0) is 17.8 Å². The van der Waals surface area contributed by atoms with Crippen LogP contribution in [-0.4, -0.2) is 22.0 Å². The summed E-state index contributed by atoms with van der Waals surface area (Å²) in [6.07, 6.45) is 1.79. The summed E-state index contributed by atoms with van der Waals surface area (Å²) in [6.45, 7) is 0.190. The monoisotopic (exact) mass is 341 g/mol. The minimum Gasteiger partial charge on any atom is -0.354 e. The fourth-order valence-corrected chi connectivity index (χ4v) is 2.27. The van der Waals surface area contributed by atoms with E-state index in [1.807, 2.05) is 6.07 Å². The van der Waals surface area contributed by atoms with E-state index in [0.717, 1.165) is 10.1 Å². The summed E-state index contributed by atoms with van der Waals surface area (Å²) in [6, 6.07) is 6.48. The molecule has 1 heterocycles. The lowest BCUT2D eigenvalue weighted by Gasteiger charge is -2.08. The maximum atomic E-state index is 11.8. The van der Waals surface area contributed by atoms with Crippen LogP contribution in [0, 0.1) is 0 Å². The summed E-state index contributed by atoms with van der Waals surface area (Å²) >= 11 is 12.0. The normalized spacial score (nSPS) is 10.5. The van der Waals surface area contributed by atoms with Gasteiger partial charge in [0.25, 0.3) is 5.56 Å². The Kier molecular flexibility index (Phi) is 5.41. The molecule has 116 valence electrons. The van der Waals surface area contributed by atoms with E-state index in [9.17, 15) is 14.4 Å². The fourth-order valence-electron chi connectivity index (χ4n) is 1.86. The molecule has 0 fully saturated rings. The topological polar surface area (TPSA) is 84.0 Å². The molecule has 2 N–H and O–H groups in total. The molecule has 1 aromatic carbocycles. The molecule has 1 amide bonds. The summed E-state index contributed by atoms with van der Waals surface area (Å²) < 4.78 is 1.11. The first kappa shape index (κ1) is 16.3. The summed E-state index contributed by atoms with van der Waals surface area (Å²) in [5, 5.41) is 3.61. The number of halogens is 2. The molecule has 0 bridgehead atoms. The average molecular weight is 342 g/mol. The first-order valence-corrected chi connectivity index (χ1v) is 7.22. The highest BCUT2D eigenvalue weighted by atomic mass is 35.5. The molecule has 0 aliphatic heterocycles. The van der Waals surface area contributed by atoms with E-state index in [2.05, 4.69) is 10.3 Å². The van der Waals surface area contributed by atoms with Crippen LogP contribution in [0.2, 0.25) is 10.0 Å². The van der Waals surface area contributed by atoms with Crippen molar-refractivity contribution in [2.45, 2.75) is 13.0 Å². The molecule has 0 saturated heterocycles. The van der Waals surface area contributed by atoms with Crippen LogP contribution in [0.25, 0.3) is 0 Å². The molecule has 2 aromatic rings. The van der Waals surface area contributed by atoms with Crippen LogP contribution in [0.3, 0.4) is 0 Å². The summed E-state index contributed by atoms with van der Waals surface area (Å²) in [5.74, 6) is -0.340. The van der Waals surface area contributed by atoms with Crippen LogP contribution in [0.4, 0.5) is 0 Å². The van der Waals surface area contributed by atoms with E-state index in [1.54, 1.807) is 12.1 Å². The van der Waals surface area contributed by atoms with Crippen molar-refractivity contribution < 1.29 is 4.79 Å². The van der Waals surface area contributed by atoms with Gasteiger partial charge in [0.05, 0.1) is 10.0 Å². The Labute approximate surface area is 135 Å². The van der Waals surface area contributed by atoms with E-state index >= 15 is 0 Å². The standard InChI is InChI=1S/C14H13Cl2N3O3/c15-10-3-1-2-9(13(10)16)4-6-17-12(21)8-19-7-5-11(20)18-14(19)22/h1-3,5,7H,4,6,8H2,(H,17,21)(H,18,20,22). The van der Waals surface area contributed by atoms with Gasteiger partial charge in [0.2, 0.25) is 5.91 Å². The zero-order chi connectivity index (χ0) is 16.1. The van der Waals surface area contributed by atoms with Crippen LogP contribution < -0.4 is 16.6 Å². The molecule has 22 heavy (non-hydrogen) atoms. The number of benzene rings is 1. The Bertz CT molecular complexity index is 798. The maximum absolute atomic E-state index is 11.8. The smallest absolute Gasteiger partial charge is 0.328 e. The average Bonchev–Trinajstić information content (AvgIpc) is 2.46. The van der Waals surface area contributed by atoms with Crippen molar-refractivity contribution in [3.63, 3.8) is 0 Å². The van der Waals surface area contributed by atoms with Gasteiger partial charge in [0, 0.05) is 18.8 Å². The number of nitrogens with one attached hydrogen (secondary N) is 2. The van der Waals surface area contributed by atoms with Gasteiger partial charge in [-0.25, -0.2) is 4.79 Å². The predicted octanol–water partition coefficient (Wildman–Crippen LogP) is 1.20. The van der Waals surface area contributed by atoms with Crippen molar-refractivity contribution >= 4 is 29.1 Å². The van der Waals surface area contributed by atoms with Crippen LogP contribution in [0.5, 0.6) is 0 Å². The van der Waals surface area contributed by atoms with Gasteiger partial charge in [-0.3, -0.25) is 19.1 Å². The Balaban J connectivity index is 1.89. The Morgan fingerprint density at radius 2 is 2.00 bits per heavy atom. The molecule has 2 rings (SSSR count). The number of carbonyl (C=O) groups is 1. The van der Waals surface area contributed by atoms with E-state index in [0.29, 0.717) is 23.0 Å². The molecule has 6 nitrogen and oxygen atoms in total. The maximum Gasteiger partial charge on any atom is 0.328 e. The van der Waals surface area contributed by atoms with Crippen molar-refractivity contribution in [1.29, 1.82) is 0 Å². The first-order chi connectivity index (χ1) is 10.5. The van der Waals surface area contributed by atoms with Crippen molar-refractivity contribution in [1.82, 2.24) is 14.9 Å². The summed E-state index contributed by atoms with van der Waals surface area (Å²) in [5.41, 5.74) is -0.298. The third-order valence-electron chi connectivity index (χ3n) is 2.96. The highest BCUT2D eigenvalue weighted by molar-refractivity contribution is 6.42. The second-order valence-corrected chi connectivity index (χ2v) is 5.34. The molecule has 8 heteroatoms. The molecule has 0 saturated carbocycles. The van der Waals surface area contributed by atoms with Gasteiger partial charge in [0.15, 0.2) is 0 Å². The van der Waals surface area contributed by atoms with Gasteiger partial charge in [-0.1, -0.05) is 35.3 Å². The second kappa shape index (κ2) is 7.29. The Morgan fingerprint density at radius 1 is 1.23 bits per heavy atom. The van der Waals surface area contributed by atoms with Gasteiger partial charge >= 0.3 is 5.69 Å². The molecule has 0 spiro atoms. The van der Waals surface area contributed by atoms with Crippen molar-refractivity contribution in [2.75, 3.05) is 6.54 Å². The SMILES string of the molecule is O=C(Cn1ccc(=O)[nH]c1=O)NCCc1cccc(Cl)c1Cl. The predicted molar refractivity (Wildman–Crippen MR) is 84.5 cm³/mol. The zero-order valence-electron chi connectivity index (χ0n) is 11.4. The van der Waals surface area contributed by atoms with E-state index in [1.165, 1.54) is 12.3 Å². The largest absolute Gasteiger partial charge is 0.354 e. The molecule has 1 aromatic heterocycles. The van der Waals surface area contributed by atoms with Gasteiger partial charge in [0.1, 0.15) is 6.54 Å². The number of hydrogen-bond donors (Lipinski definition) is 2. The van der Waals surface area contributed by atoms with E-state index < -0.39 is 11.2 Å². The lowest BCUT2D eigenvalue weighted by atomic mass is 10.1. The van der Waals surface area contributed by atoms with Crippen molar-refractivity contribution in [3.05, 3.63) is 66.9 Å². The molecule has 0 atom stereocenters. The first-order valence-electron chi connectivity index (χ1n) is 6.47. The molecule has 0 aliphatic carbocycles. The minimum atomic E-state index is -0.625. The summed E-state index contributed by atoms with van der Waals surface area (Å²) in [4.78, 5) is 36.2. The molecular formula is C14H13Cl2N3O3. The number of H-pyrrole nitrogens is 1. The molecule has 0 unspecified atom stereocenters. The number of nitrogens with zero attached hydrogens (tertiary/aromatic N) is 1. The molecule has 0 radical (unpaired) electrons. The molecular weight excluding hydrogens is 329 g/mol.